The molecule has 1 aromatic carbocycles. The van der Waals surface area contributed by atoms with Crippen molar-refractivity contribution in [1.82, 2.24) is 15.1 Å². The molecule has 4 rings (SSSR count). The fraction of sp³-hybridized carbons (Fsp3) is 0.450. The fourth-order valence-corrected chi connectivity index (χ4v) is 4.00. The van der Waals surface area contributed by atoms with E-state index in [0.29, 0.717) is 0 Å². The summed E-state index contributed by atoms with van der Waals surface area (Å²) in [5.74, 6) is -0.144. The van der Waals surface area contributed by atoms with Crippen LogP contribution in [0.4, 0.5) is 0 Å². The number of amides is 1. The maximum absolute atomic E-state index is 12.8. The zero-order valence-electron chi connectivity index (χ0n) is 14.5. The molecule has 1 heterocycles. The Morgan fingerprint density at radius 3 is 2.88 bits per heavy atom. The van der Waals surface area contributed by atoms with Gasteiger partial charge in [-0.1, -0.05) is 24.3 Å². The number of hydrogen-bond acceptors (Lipinski definition) is 3. The number of aromatic nitrogens is 2. The van der Waals surface area contributed by atoms with E-state index in [-0.39, 0.29) is 17.5 Å². The lowest BCUT2D eigenvalue weighted by atomic mass is 9.87. The van der Waals surface area contributed by atoms with Crippen LogP contribution in [0.2, 0.25) is 0 Å². The molecule has 2 atom stereocenters. The van der Waals surface area contributed by atoms with Gasteiger partial charge >= 0.3 is 0 Å². The third-order valence-electron chi connectivity index (χ3n) is 5.41. The van der Waals surface area contributed by atoms with Gasteiger partial charge in [0.15, 0.2) is 0 Å². The number of nitrogens with one attached hydrogen (secondary N) is 1. The van der Waals surface area contributed by atoms with E-state index in [2.05, 4.69) is 22.5 Å². The molecule has 130 valence electrons. The second-order valence-electron chi connectivity index (χ2n) is 7.08. The number of benzene rings is 1. The third kappa shape index (κ3) is 2.99. The van der Waals surface area contributed by atoms with E-state index in [1.54, 1.807) is 13.0 Å². The number of rotatable bonds is 3. The Bertz CT molecular complexity index is 871. The van der Waals surface area contributed by atoms with Crippen molar-refractivity contribution in [3.05, 3.63) is 63.1 Å². The highest BCUT2D eigenvalue weighted by molar-refractivity contribution is 5.80. The molecule has 2 aromatic rings. The first-order valence-electron chi connectivity index (χ1n) is 9.13. The van der Waals surface area contributed by atoms with E-state index >= 15 is 0 Å². The minimum atomic E-state index is -0.604. The molecule has 5 heteroatoms. The van der Waals surface area contributed by atoms with Crippen LogP contribution in [0.5, 0.6) is 0 Å². The molecule has 2 aliphatic carbocycles. The Hall–Kier alpha value is -2.43. The minimum Gasteiger partial charge on any atom is -0.347 e. The first-order valence-corrected chi connectivity index (χ1v) is 9.13. The summed E-state index contributed by atoms with van der Waals surface area (Å²) in [4.78, 5) is 25.1. The lowest BCUT2D eigenvalue weighted by Gasteiger charge is -2.27. The molecule has 1 N–H and O–H groups in total. The number of nitrogens with zero attached hydrogens (tertiary/aromatic N) is 2. The monoisotopic (exact) mass is 337 g/mol. The molecule has 0 fully saturated rings. The minimum absolute atomic E-state index is 0.0185. The van der Waals surface area contributed by atoms with E-state index in [9.17, 15) is 9.59 Å². The van der Waals surface area contributed by atoms with Crippen molar-refractivity contribution in [3.8, 4) is 0 Å². The molecule has 1 amide bonds. The molecule has 0 unspecified atom stereocenters. The predicted octanol–water partition coefficient (Wildman–Crippen LogP) is 2.49. The second-order valence-corrected chi connectivity index (χ2v) is 7.08. The van der Waals surface area contributed by atoms with Crippen molar-refractivity contribution in [1.29, 1.82) is 0 Å². The predicted molar refractivity (Wildman–Crippen MR) is 95.5 cm³/mol. The summed E-state index contributed by atoms with van der Waals surface area (Å²) in [6, 6.07) is 9.33. The summed E-state index contributed by atoms with van der Waals surface area (Å²) in [5, 5.41) is 7.58. The van der Waals surface area contributed by atoms with Crippen molar-refractivity contribution in [2.24, 2.45) is 0 Å². The smallest absolute Gasteiger partial charge is 0.267 e. The number of carbonyl (C=O) groups is 1. The quantitative estimate of drug-likeness (QED) is 0.936. The number of carbonyl (C=O) groups excluding carboxylic acids is 1. The van der Waals surface area contributed by atoms with Gasteiger partial charge in [-0.2, -0.15) is 5.10 Å². The summed E-state index contributed by atoms with van der Waals surface area (Å²) in [7, 11) is 0. The lowest BCUT2D eigenvalue weighted by molar-refractivity contribution is -0.125. The second kappa shape index (κ2) is 6.47. The molecule has 0 bridgehead atoms. The molecule has 0 radical (unpaired) electrons. The maximum Gasteiger partial charge on any atom is 0.267 e. The van der Waals surface area contributed by atoms with Gasteiger partial charge < -0.3 is 5.32 Å². The Morgan fingerprint density at radius 2 is 2.00 bits per heavy atom. The molecule has 0 saturated carbocycles. The Balaban J connectivity index is 1.55. The topological polar surface area (TPSA) is 64.0 Å². The molecule has 25 heavy (non-hydrogen) atoms. The van der Waals surface area contributed by atoms with Crippen LogP contribution in [0.25, 0.3) is 0 Å². The van der Waals surface area contributed by atoms with Gasteiger partial charge in [0.1, 0.15) is 6.04 Å². The zero-order chi connectivity index (χ0) is 17.4. The van der Waals surface area contributed by atoms with Crippen LogP contribution in [0, 0.1) is 0 Å². The number of aryl methyl sites for hydroxylation is 3. The van der Waals surface area contributed by atoms with Gasteiger partial charge in [-0.15, -0.1) is 0 Å². The van der Waals surface area contributed by atoms with Gasteiger partial charge in [0.05, 0.1) is 11.7 Å². The summed E-state index contributed by atoms with van der Waals surface area (Å²) in [6.45, 7) is 1.75. The van der Waals surface area contributed by atoms with Crippen LogP contribution in [0.15, 0.2) is 35.1 Å². The lowest BCUT2D eigenvalue weighted by Crippen LogP contribution is -2.39. The molecule has 1 aromatic heterocycles. The summed E-state index contributed by atoms with van der Waals surface area (Å²) >= 11 is 0. The van der Waals surface area contributed by atoms with Gasteiger partial charge in [-0.3, -0.25) is 9.59 Å². The van der Waals surface area contributed by atoms with E-state index < -0.39 is 6.04 Å². The highest BCUT2D eigenvalue weighted by Crippen LogP contribution is 2.29. The maximum atomic E-state index is 12.8. The van der Waals surface area contributed by atoms with Crippen molar-refractivity contribution in [3.63, 3.8) is 0 Å². The average Bonchev–Trinajstić information content (AvgIpc) is 3.08. The van der Waals surface area contributed by atoms with Gasteiger partial charge in [-0.25, -0.2) is 4.68 Å². The standard InChI is InChI=1S/C20H23N3O2/c1-13(23-19(24)12-15-8-5-10-17(15)22-23)20(25)21-18-11-4-7-14-6-2-3-9-16(14)18/h2-3,6,9,12-13,18H,4-5,7-8,10-11H2,1H3,(H,21,25)/t13-,18-/m0/s1. The van der Waals surface area contributed by atoms with Crippen LogP contribution in [-0.2, 0) is 24.1 Å². The largest absolute Gasteiger partial charge is 0.347 e. The fourth-order valence-electron chi connectivity index (χ4n) is 4.00. The summed E-state index contributed by atoms with van der Waals surface area (Å²) < 4.78 is 1.34. The number of hydrogen-bond donors (Lipinski definition) is 1. The Kier molecular flexibility index (Phi) is 4.15. The Morgan fingerprint density at radius 1 is 1.20 bits per heavy atom. The van der Waals surface area contributed by atoms with E-state index in [4.69, 9.17) is 0 Å². The van der Waals surface area contributed by atoms with Crippen molar-refractivity contribution >= 4 is 5.91 Å². The van der Waals surface area contributed by atoms with Crippen molar-refractivity contribution in [2.45, 2.75) is 57.5 Å². The molecule has 0 aliphatic heterocycles. The van der Waals surface area contributed by atoms with Gasteiger partial charge in [0.25, 0.3) is 5.56 Å². The molecule has 0 spiro atoms. The molecular weight excluding hydrogens is 314 g/mol. The van der Waals surface area contributed by atoms with Crippen LogP contribution in [0.1, 0.15) is 60.7 Å². The Labute approximate surface area is 147 Å². The molecule has 0 saturated heterocycles. The molecular formula is C20H23N3O2. The van der Waals surface area contributed by atoms with E-state index in [1.807, 2.05) is 12.1 Å². The van der Waals surface area contributed by atoms with Crippen molar-refractivity contribution in [2.75, 3.05) is 0 Å². The SMILES string of the molecule is C[C@@H](C(=O)N[C@H]1CCCc2ccccc21)n1nc2c(cc1=O)CCC2. The summed E-state index contributed by atoms with van der Waals surface area (Å²) in [6.07, 6.45) is 5.89. The highest BCUT2D eigenvalue weighted by Gasteiger charge is 2.26. The van der Waals surface area contributed by atoms with Crippen LogP contribution in [-0.4, -0.2) is 15.7 Å². The zero-order valence-corrected chi connectivity index (χ0v) is 14.5. The van der Waals surface area contributed by atoms with Crippen LogP contribution >= 0.6 is 0 Å². The third-order valence-corrected chi connectivity index (χ3v) is 5.41. The van der Waals surface area contributed by atoms with Gasteiger partial charge in [0.2, 0.25) is 5.91 Å². The first kappa shape index (κ1) is 16.1. The van der Waals surface area contributed by atoms with Gasteiger partial charge in [0, 0.05) is 6.07 Å². The highest BCUT2D eigenvalue weighted by atomic mass is 16.2. The van der Waals surface area contributed by atoms with E-state index in [0.717, 1.165) is 49.8 Å². The van der Waals surface area contributed by atoms with Gasteiger partial charge in [-0.05, 0) is 62.1 Å². The molecule has 2 aliphatic rings. The van der Waals surface area contributed by atoms with Crippen LogP contribution < -0.4 is 10.9 Å². The molecule has 5 nitrogen and oxygen atoms in total. The van der Waals surface area contributed by atoms with Crippen LogP contribution in [0.3, 0.4) is 0 Å². The normalized spacial score (nSPS) is 19.8. The average molecular weight is 337 g/mol. The van der Waals surface area contributed by atoms with E-state index in [1.165, 1.54) is 15.8 Å². The van der Waals surface area contributed by atoms with Crippen molar-refractivity contribution < 1.29 is 4.79 Å². The first-order chi connectivity index (χ1) is 12.1. The number of fused-ring (bicyclic) bond motifs is 2. The summed E-state index contributed by atoms with van der Waals surface area (Å²) in [5.41, 5.74) is 4.31.